The van der Waals surface area contributed by atoms with E-state index in [1.54, 1.807) is 0 Å². The maximum absolute atomic E-state index is 10.1. The van der Waals surface area contributed by atoms with E-state index in [-0.39, 0.29) is 12.0 Å². The summed E-state index contributed by atoms with van der Waals surface area (Å²) < 4.78 is 0. The lowest BCUT2D eigenvalue weighted by atomic mass is 9.44. The summed E-state index contributed by atoms with van der Waals surface area (Å²) in [6.07, 6.45) is 2.99. The van der Waals surface area contributed by atoms with Crippen molar-refractivity contribution in [2.24, 2.45) is 17.3 Å². The zero-order chi connectivity index (χ0) is 8.98. The quantitative estimate of drug-likeness (QED) is 0.620. The van der Waals surface area contributed by atoms with Gasteiger partial charge in [-0.2, -0.15) is 0 Å². The zero-order valence-electron chi connectivity index (χ0n) is 7.88. The summed E-state index contributed by atoms with van der Waals surface area (Å²) in [6, 6.07) is 0. The van der Waals surface area contributed by atoms with Gasteiger partial charge in [0.15, 0.2) is 0 Å². The SMILES string of the molecule is CC1(C)[C@@H]2CC[C@](O)(CO)[C@H]1C2. The van der Waals surface area contributed by atoms with Gasteiger partial charge < -0.3 is 10.2 Å². The first-order chi connectivity index (χ1) is 5.50. The Hall–Kier alpha value is -0.0800. The van der Waals surface area contributed by atoms with Crippen molar-refractivity contribution in [3.63, 3.8) is 0 Å². The molecule has 0 amide bonds. The van der Waals surface area contributed by atoms with Gasteiger partial charge in [0.05, 0.1) is 12.2 Å². The molecule has 2 N–H and O–H groups in total. The predicted molar refractivity (Wildman–Crippen MR) is 46.6 cm³/mol. The third-order valence-corrected chi connectivity index (χ3v) is 4.32. The molecule has 0 radical (unpaired) electrons. The van der Waals surface area contributed by atoms with E-state index >= 15 is 0 Å². The summed E-state index contributed by atoms with van der Waals surface area (Å²) in [5.41, 5.74) is -0.506. The normalized spacial score (nSPS) is 50.0. The van der Waals surface area contributed by atoms with Crippen molar-refractivity contribution in [1.29, 1.82) is 0 Å². The van der Waals surface area contributed by atoms with Gasteiger partial charge in [0.1, 0.15) is 0 Å². The molecule has 0 aromatic rings. The summed E-state index contributed by atoms with van der Waals surface area (Å²) in [4.78, 5) is 0. The van der Waals surface area contributed by atoms with Crippen LogP contribution in [-0.4, -0.2) is 22.4 Å². The van der Waals surface area contributed by atoms with Crippen LogP contribution in [0.15, 0.2) is 0 Å². The van der Waals surface area contributed by atoms with E-state index in [1.807, 2.05) is 0 Å². The number of fused-ring (bicyclic) bond motifs is 2. The highest BCUT2D eigenvalue weighted by atomic mass is 16.3. The summed E-state index contributed by atoms with van der Waals surface area (Å²) in [6.45, 7) is 4.37. The van der Waals surface area contributed by atoms with Crippen LogP contribution in [0.3, 0.4) is 0 Å². The molecule has 2 nitrogen and oxygen atoms in total. The molecule has 3 fully saturated rings. The minimum Gasteiger partial charge on any atom is -0.393 e. The van der Waals surface area contributed by atoms with Gasteiger partial charge in [0, 0.05) is 0 Å². The predicted octanol–water partition coefficient (Wildman–Crippen LogP) is 1.17. The molecule has 12 heavy (non-hydrogen) atoms. The van der Waals surface area contributed by atoms with Crippen molar-refractivity contribution in [3.8, 4) is 0 Å². The molecule has 3 atom stereocenters. The second-order valence-corrected chi connectivity index (χ2v) is 5.11. The third kappa shape index (κ3) is 0.826. The Balaban J connectivity index is 2.21. The number of hydrogen-bond donors (Lipinski definition) is 2. The first-order valence-electron chi connectivity index (χ1n) is 4.84. The van der Waals surface area contributed by atoms with Gasteiger partial charge in [0.25, 0.3) is 0 Å². The fourth-order valence-electron chi connectivity index (χ4n) is 3.21. The van der Waals surface area contributed by atoms with Gasteiger partial charge in [0.2, 0.25) is 0 Å². The average Bonchev–Trinajstić information content (AvgIpc) is 2.04. The molecular weight excluding hydrogens is 152 g/mol. The fourth-order valence-corrected chi connectivity index (χ4v) is 3.21. The Morgan fingerprint density at radius 2 is 2.08 bits per heavy atom. The molecule has 2 heteroatoms. The average molecular weight is 170 g/mol. The molecule has 0 saturated heterocycles. The molecule has 3 aliphatic carbocycles. The van der Waals surface area contributed by atoms with Gasteiger partial charge in [-0.15, -0.1) is 0 Å². The van der Waals surface area contributed by atoms with Crippen LogP contribution < -0.4 is 0 Å². The Morgan fingerprint density at radius 1 is 1.42 bits per heavy atom. The van der Waals surface area contributed by atoms with Crippen molar-refractivity contribution in [2.75, 3.05) is 6.61 Å². The molecule has 0 heterocycles. The van der Waals surface area contributed by atoms with Gasteiger partial charge >= 0.3 is 0 Å². The van der Waals surface area contributed by atoms with Crippen LogP contribution in [0.5, 0.6) is 0 Å². The zero-order valence-corrected chi connectivity index (χ0v) is 7.88. The number of hydrogen-bond acceptors (Lipinski definition) is 2. The first-order valence-corrected chi connectivity index (χ1v) is 4.84. The molecule has 3 saturated carbocycles. The van der Waals surface area contributed by atoms with Crippen molar-refractivity contribution in [1.82, 2.24) is 0 Å². The van der Waals surface area contributed by atoms with E-state index in [2.05, 4.69) is 13.8 Å². The topological polar surface area (TPSA) is 40.5 Å². The van der Waals surface area contributed by atoms with Gasteiger partial charge in [-0.05, 0) is 36.5 Å². The standard InChI is InChI=1S/C10H18O2/c1-9(2)7-3-4-10(12,6-11)8(9)5-7/h7-8,11-12H,3-6H2,1-2H3/t7-,8+,10+/m1/s1. The maximum atomic E-state index is 10.1. The Kier molecular flexibility index (Phi) is 1.59. The third-order valence-electron chi connectivity index (χ3n) is 4.32. The fraction of sp³-hybridized carbons (Fsp3) is 1.00. The van der Waals surface area contributed by atoms with Crippen LogP contribution in [-0.2, 0) is 0 Å². The Morgan fingerprint density at radius 3 is 2.42 bits per heavy atom. The number of aliphatic hydroxyl groups excluding tert-OH is 1. The second-order valence-electron chi connectivity index (χ2n) is 5.11. The van der Waals surface area contributed by atoms with Crippen molar-refractivity contribution in [3.05, 3.63) is 0 Å². The Bertz CT molecular complexity index is 198. The molecule has 2 bridgehead atoms. The highest BCUT2D eigenvalue weighted by molar-refractivity contribution is 5.10. The van der Waals surface area contributed by atoms with Crippen molar-refractivity contribution >= 4 is 0 Å². The Labute approximate surface area is 73.6 Å². The summed E-state index contributed by atoms with van der Waals surface area (Å²) in [5, 5.41) is 19.2. The molecule has 70 valence electrons. The van der Waals surface area contributed by atoms with Crippen LogP contribution >= 0.6 is 0 Å². The lowest BCUT2D eigenvalue weighted by Gasteiger charge is -2.63. The molecule has 3 rings (SSSR count). The molecule has 0 spiro atoms. The highest BCUT2D eigenvalue weighted by Gasteiger charge is 2.60. The van der Waals surface area contributed by atoms with E-state index in [1.165, 1.54) is 0 Å². The minimum absolute atomic E-state index is 0.0617. The number of aliphatic hydroxyl groups is 2. The van der Waals surface area contributed by atoms with Crippen LogP contribution in [0.4, 0.5) is 0 Å². The largest absolute Gasteiger partial charge is 0.393 e. The molecule has 0 aromatic carbocycles. The van der Waals surface area contributed by atoms with Crippen molar-refractivity contribution < 1.29 is 10.2 Å². The minimum atomic E-state index is -0.766. The smallest absolute Gasteiger partial charge is 0.0910 e. The molecule has 0 aromatic heterocycles. The maximum Gasteiger partial charge on any atom is 0.0910 e. The van der Waals surface area contributed by atoms with Crippen LogP contribution in [0.1, 0.15) is 33.1 Å². The molecule has 3 aliphatic rings. The van der Waals surface area contributed by atoms with E-state index < -0.39 is 5.60 Å². The van der Waals surface area contributed by atoms with Crippen molar-refractivity contribution in [2.45, 2.75) is 38.7 Å². The van der Waals surface area contributed by atoms with Gasteiger partial charge in [-0.1, -0.05) is 13.8 Å². The van der Waals surface area contributed by atoms with E-state index in [9.17, 15) is 5.11 Å². The first kappa shape index (κ1) is 8.52. The van der Waals surface area contributed by atoms with Gasteiger partial charge in [-0.3, -0.25) is 0 Å². The summed E-state index contributed by atoms with van der Waals surface area (Å²) >= 11 is 0. The monoisotopic (exact) mass is 170 g/mol. The summed E-state index contributed by atoms with van der Waals surface area (Å²) in [5.74, 6) is 1.11. The van der Waals surface area contributed by atoms with Crippen LogP contribution in [0.2, 0.25) is 0 Å². The molecular formula is C10H18O2. The number of rotatable bonds is 1. The highest BCUT2D eigenvalue weighted by Crippen LogP contribution is 2.62. The van der Waals surface area contributed by atoms with Gasteiger partial charge in [-0.25, -0.2) is 0 Å². The lowest BCUT2D eigenvalue weighted by Crippen LogP contribution is -2.62. The van der Waals surface area contributed by atoms with Crippen LogP contribution in [0, 0.1) is 17.3 Å². The van der Waals surface area contributed by atoms with E-state index in [4.69, 9.17) is 5.11 Å². The lowest BCUT2D eigenvalue weighted by molar-refractivity contribution is -0.215. The van der Waals surface area contributed by atoms with E-state index in [0.717, 1.165) is 25.2 Å². The molecule has 0 aliphatic heterocycles. The van der Waals surface area contributed by atoms with E-state index in [0.29, 0.717) is 5.92 Å². The molecule has 0 unspecified atom stereocenters. The second kappa shape index (κ2) is 2.24. The summed E-state index contributed by atoms with van der Waals surface area (Å²) in [7, 11) is 0. The van der Waals surface area contributed by atoms with Crippen LogP contribution in [0.25, 0.3) is 0 Å².